The maximum absolute atomic E-state index is 12.5. The molecule has 0 aromatic heterocycles. The number of anilines is 1. The van der Waals surface area contributed by atoms with Crippen LogP contribution >= 0.6 is 0 Å². The van der Waals surface area contributed by atoms with E-state index < -0.39 is 17.9 Å². The number of hydrogen-bond donors (Lipinski definition) is 3. The molecule has 0 aliphatic heterocycles. The molecule has 17 heavy (non-hydrogen) atoms. The van der Waals surface area contributed by atoms with Crippen molar-refractivity contribution in [3.05, 3.63) is 29.8 Å². The number of alkyl halides is 3. The Hall–Kier alpha value is -1.76. The van der Waals surface area contributed by atoms with E-state index >= 15 is 0 Å². The van der Waals surface area contributed by atoms with Gasteiger partial charge in [0.25, 0.3) is 0 Å². The van der Waals surface area contributed by atoms with Crippen LogP contribution in [0.25, 0.3) is 0 Å². The molecule has 1 unspecified atom stereocenters. The Morgan fingerprint density at radius 2 is 1.71 bits per heavy atom. The SMILES string of the molecule is CC(O)(c1ccc(NC(=O)O)cc1)C(F)(F)F. The monoisotopic (exact) mass is 249 g/mol. The van der Waals surface area contributed by atoms with Crippen molar-refractivity contribution in [2.24, 2.45) is 0 Å². The molecule has 0 saturated carbocycles. The number of carboxylic acid groups (broad SMARTS) is 1. The van der Waals surface area contributed by atoms with Crippen molar-refractivity contribution in [2.75, 3.05) is 5.32 Å². The second kappa shape index (κ2) is 4.25. The zero-order chi connectivity index (χ0) is 13.3. The van der Waals surface area contributed by atoms with Crippen LogP contribution in [0.3, 0.4) is 0 Å². The molecule has 4 nitrogen and oxygen atoms in total. The highest BCUT2D eigenvalue weighted by Gasteiger charge is 2.51. The molecule has 0 aliphatic rings. The van der Waals surface area contributed by atoms with Gasteiger partial charge in [-0.3, -0.25) is 5.32 Å². The number of nitrogens with one attached hydrogen (secondary N) is 1. The average Bonchev–Trinajstić information content (AvgIpc) is 2.15. The summed E-state index contributed by atoms with van der Waals surface area (Å²) in [6, 6.07) is 4.31. The van der Waals surface area contributed by atoms with Crippen molar-refractivity contribution >= 4 is 11.8 Å². The molecule has 0 aliphatic carbocycles. The van der Waals surface area contributed by atoms with Crippen LogP contribution in [0, 0.1) is 0 Å². The third-order valence-electron chi connectivity index (χ3n) is 2.25. The van der Waals surface area contributed by atoms with Crippen LogP contribution in [0.4, 0.5) is 23.7 Å². The molecule has 1 amide bonds. The smallest absolute Gasteiger partial charge is 0.421 e. The van der Waals surface area contributed by atoms with E-state index in [0.29, 0.717) is 6.92 Å². The summed E-state index contributed by atoms with van der Waals surface area (Å²) in [5.74, 6) is 0. The minimum absolute atomic E-state index is 0.124. The van der Waals surface area contributed by atoms with E-state index in [1.165, 1.54) is 0 Å². The summed E-state index contributed by atoms with van der Waals surface area (Å²) in [4.78, 5) is 10.3. The molecule has 1 aromatic carbocycles. The van der Waals surface area contributed by atoms with Crippen LogP contribution < -0.4 is 5.32 Å². The summed E-state index contributed by atoms with van der Waals surface area (Å²) in [6.45, 7) is 0.632. The molecule has 7 heteroatoms. The van der Waals surface area contributed by atoms with Gasteiger partial charge in [0.15, 0.2) is 5.60 Å². The highest BCUT2D eigenvalue weighted by molar-refractivity contribution is 5.82. The molecule has 0 radical (unpaired) electrons. The number of halogens is 3. The molecule has 1 aromatic rings. The number of amides is 1. The number of rotatable bonds is 2. The minimum atomic E-state index is -4.80. The van der Waals surface area contributed by atoms with Crippen molar-refractivity contribution in [3.63, 3.8) is 0 Å². The Morgan fingerprint density at radius 3 is 2.06 bits per heavy atom. The zero-order valence-electron chi connectivity index (χ0n) is 8.75. The quantitative estimate of drug-likeness (QED) is 0.754. The van der Waals surface area contributed by atoms with E-state index in [4.69, 9.17) is 5.11 Å². The van der Waals surface area contributed by atoms with E-state index in [-0.39, 0.29) is 11.3 Å². The second-order valence-corrected chi connectivity index (χ2v) is 3.58. The van der Waals surface area contributed by atoms with Gasteiger partial charge in [-0.2, -0.15) is 13.2 Å². The van der Waals surface area contributed by atoms with Crippen molar-refractivity contribution < 1.29 is 28.2 Å². The van der Waals surface area contributed by atoms with E-state index in [2.05, 4.69) is 0 Å². The fraction of sp³-hybridized carbons (Fsp3) is 0.300. The van der Waals surface area contributed by atoms with Gasteiger partial charge in [0.05, 0.1) is 0 Å². The Balaban J connectivity index is 2.99. The summed E-state index contributed by atoms with van der Waals surface area (Å²) in [6.07, 6.45) is -6.12. The first-order chi connectivity index (χ1) is 7.64. The molecule has 1 atom stereocenters. The van der Waals surface area contributed by atoms with Gasteiger partial charge < -0.3 is 10.2 Å². The van der Waals surface area contributed by atoms with Gasteiger partial charge >= 0.3 is 12.3 Å². The van der Waals surface area contributed by atoms with Gasteiger partial charge in [0.2, 0.25) is 0 Å². The molecule has 0 saturated heterocycles. The van der Waals surface area contributed by atoms with Gasteiger partial charge in [-0.15, -0.1) is 0 Å². The lowest BCUT2D eigenvalue weighted by atomic mass is 9.95. The predicted octanol–water partition coefficient (Wildman–Crippen LogP) is 2.55. The van der Waals surface area contributed by atoms with Gasteiger partial charge in [-0.05, 0) is 24.6 Å². The summed E-state index contributed by atoms with van der Waals surface area (Å²) >= 11 is 0. The predicted molar refractivity (Wildman–Crippen MR) is 53.7 cm³/mol. The average molecular weight is 249 g/mol. The fourth-order valence-electron chi connectivity index (χ4n) is 1.17. The number of benzene rings is 1. The van der Waals surface area contributed by atoms with E-state index in [9.17, 15) is 23.1 Å². The van der Waals surface area contributed by atoms with E-state index in [1.54, 1.807) is 0 Å². The summed E-state index contributed by atoms with van der Waals surface area (Å²) in [5, 5.41) is 19.7. The Bertz CT molecular complexity index is 412. The molecule has 0 fully saturated rings. The zero-order valence-corrected chi connectivity index (χ0v) is 8.75. The third kappa shape index (κ3) is 2.88. The van der Waals surface area contributed by atoms with Gasteiger partial charge in [-0.25, -0.2) is 4.79 Å². The van der Waals surface area contributed by atoms with Crippen LogP contribution in [0.1, 0.15) is 12.5 Å². The largest absolute Gasteiger partial charge is 0.465 e. The maximum atomic E-state index is 12.5. The van der Waals surface area contributed by atoms with Gasteiger partial charge in [0, 0.05) is 5.69 Å². The molecular weight excluding hydrogens is 239 g/mol. The molecule has 0 heterocycles. The highest BCUT2D eigenvalue weighted by atomic mass is 19.4. The molecule has 3 N–H and O–H groups in total. The van der Waals surface area contributed by atoms with Crippen molar-refractivity contribution in [2.45, 2.75) is 18.7 Å². The molecule has 0 spiro atoms. The molecule has 1 rings (SSSR count). The number of hydrogen-bond acceptors (Lipinski definition) is 2. The summed E-state index contributed by atoms with van der Waals surface area (Å²) < 4.78 is 37.4. The molecular formula is C10H10F3NO3. The Kier molecular flexibility index (Phi) is 3.33. The van der Waals surface area contributed by atoms with E-state index in [0.717, 1.165) is 24.3 Å². The van der Waals surface area contributed by atoms with Gasteiger partial charge in [0.1, 0.15) is 0 Å². The second-order valence-electron chi connectivity index (χ2n) is 3.58. The fourth-order valence-corrected chi connectivity index (χ4v) is 1.17. The number of aliphatic hydroxyl groups is 1. The van der Waals surface area contributed by atoms with Crippen LogP contribution in [0.15, 0.2) is 24.3 Å². The summed E-state index contributed by atoms with van der Waals surface area (Å²) in [5.41, 5.74) is -3.20. The van der Waals surface area contributed by atoms with Crippen molar-refractivity contribution in [1.29, 1.82) is 0 Å². The first kappa shape index (κ1) is 13.3. The number of carbonyl (C=O) groups is 1. The summed E-state index contributed by atoms with van der Waals surface area (Å²) in [7, 11) is 0. The standard InChI is InChI=1S/C10H10F3NO3/c1-9(17,10(11,12)13)6-2-4-7(5-3-6)14-8(15)16/h2-5,14,17H,1H3,(H,15,16). The minimum Gasteiger partial charge on any atom is -0.465 e. The third-order valence-corrected chi connectivity index (χ3v) is 2.25. The van der Waals surface area contributed by atoms with Crippen molar-refractivity contribution in [3.8, 4) is 0 Å². The lowest BCUT2D eigenvalue weighted by Gasteiger charge is -2.26. The van der Waals surface area contributed by atoms with Crippen LogP contribution in [0.5, 0.6) is 0 Å². The lowest BCUT2D eigenvalue weighted by molar-refractivity contribution is -0.258. The lowest BCUT2D eigenvalue weighted by Crippen LogP contribution is -2.39. The highest BCUT2D eigenvalue weighted by Crippen LogP contribution is 2.38. The van der Waals surface area contributed by atoms with Crippen LogP contribution in [-0.2, 0) is 5.60 Å². The molecule has 0 bridgehead atoms. The first-order valence-corrected chi connectivity index (χ1v) is 4.54. The first-order valence-electron chi connectivity index (χ1n) is 4.54. The Labute approximate surface area is 94.7 Å². The molecule has 94 valence electrons. The van der Waals surface area contributed by atoms with Crippen LogP contribution in [0.2, 0.25) is 0 Å². The normalized spacial score (nSPS) is 15.1. The topological polar surface area (TPSA) is 69.6 Å². The van der Waals surface area contributed by atoms with Crippen molar-refractivity contribution in [1.82, 2.24) is 0 Å². The Morgan fingerprint density at radius 1 is 1.24 bits per heavy atom. The van der Waals surface area contributed by atoms with Gasteiger partial charge in [-0.1, -0.05) is 12.1 Å². The van der Waals surface area contributed by atoms with E-state index in [1.807, 2.05) is 5.32 Å². The maximum Gasteiger partial charge on any atom is 0.421 e. The van der Waals surface area contributed by atoms with Crippen LogP contribution in [-0.4, -0.2) is 22.5 Å².